The van der Waals surface area contributed by atoms with Crippen LogP contribution in [0.25, 0.3) is 0 Å². The van der Waals surface area contributed by atoms with Crippen molar-refractivity contribution in [2.24, 2.45) is 0 Å². The number of rotatable bonds is 6. The number of carbonyl (C=O) groups excluding carboxylic acids is 1. The molecule has 0 saturated heterocycles. The van der Waals surface area contributed by atoms with E-state index in [1.54, 1.807) is 12.4 Å². The molecule has 2 N–H and O–H groups in total. The van der Waals surface area contributed by atoms with E-state index in [-0.39, 0.29) is 18.6 Å². The third-order valence-corrected chi connectivity index (χ3v) is 3.44. The predicted octanol–water partition coefficient (Wildman–Crippen LogP) is 2.67. The van der Waals surface area contributed by atoms with E-state index < -0.39 is 0 Å². The van der Waals surface area contributed by atoms with Gasteiger partial charge in [-0.15, -0.1) is 0 Å². The first-order chi connectivity index (χ1) is 10.1. The second kappa shape index (κ2) is 6.92. The summed E-state index contributed by atoms with van der Waals surface area (Å²) in [4.78, 5) is 19.1. The van der Waals surface area contributed by atoms with E-state index in [0.717, 1.165) is 17.8 Å². The van der Waals surface area contributed by atoms with Crippen LogP contribution in [0.3, 0.4) is 0 Å². The molecule has 2 aromatic rings. The first kappa shape index (κ1) is 15.1. The molecule has 0 aliphatic rings. The van der Waals surface area contributed by atoms with Gasteiger partial charge >= 0.3 is 0 Å². The van der Waals surface area contributed by atoms with E-state index in [4.69, 9.17) is 4.74 Å². The predicted molar refractivity (Wildman–Crippen MR) is 81.2 cm³/mol. The van der Waals surface area contributed by atoms with Crippen LogP contribution in [-0.4, -0.2) is 22.5 Å². The van der Waals surface area contributed by atoms with Crippen molar-refractivity contribution in [3.63, 3.8) is 0 Å². The largest absolute Gasteiger partial charge is 0.484 e. The number of carbonyl (C=O) groups is 1. The molecule has 0 spiro atoms. The number of H-pyrrole nitrogens is 1. The average molecular weight is 287 g/mol. The highest BCUT2D eigenvalue weighted by Crippen LogP contribution is 2.16. The summed E-state index contributed by atoms with van der Waals surface area (Å²) in [5.41, 5.74) is 2.35. The van der Waals surface area contributed by atoms with Gasteiger partial charge in [-0.2, -0.15) is 0 Å². The van der Waals surface area contributed by atoms with Crippen LogP contribution < -0.4 is 10.1 Å². The van der Waals surface area contributed by atoms with Gasteiger partial charge in [-0.25, -0.2) is 4.98 Å². The van der Waals surface area contributed by atoms with Crippen molar-refractivity contribution < 1.29 is 9.53 Å². The molecular formula is C16H21N3O2. The lowest BCUT2D eigenvalue weighted by Gasteiger charge is -2.15. The van der Waals surface area contributed by atoms with E-state index in [1.165, 1.54) is 5.56 Å². The quantitative estimate of drug-likeness (QED) is 0.858. The SMILES string of the molecule is CCC(NC(=O)COc1ccc(C)c(C)c1)c1ncc[nH]1. The molecule has 1 atom stereocenters. The van der Waals surface area contributed by atoms with Gasteiger partial charge in [0, 0.05) is 12.4 Å². The van der Waals surface area contributed by atoms with Gasteiger partial charge in [-0.3, -0.25) is 4.79 Å². The maximum absolute atomic E-state index is 12.0. The van der Waals surface area contributed by atoms with Crippen molar-refractivity contribution in [1.29, 1.82) is 0 Å². The zero-order valence-corrected chi connectivity index (χ0v) is 12.6. The molecule has 112 valence electrons. The van der Waals surface area contributed by atoms with E-state index in [9.17, 15) is 4.79 Å². The first-order valence-electron chi connectivity index (χ1n) is 7.09. The van der Waals surface area contributed by atoms with E-state index in [1.807, 2.05) is 39.0 Å². The number of nitrogens with one attached hydrogen (secondary N) is 2. The number of hydrogen-bond donors (Lipinski definition) is 2. The van der Waals surface area contributed by atoms with Crippen LogP contribution in [0.1, 0.15) is 36.3 Å². The fourth-order valence-electron chi connectivity index (χ4n) is 2.02. The normalized spacial score (nSPS) is 12.0. The summed E-state index contributed by atoms with van der Waals surface area (Å²) in [6.07, 6.45) is 4.19. The van der Waals surface area contributed by atoms with Crippen LogP contribution in [0.5, 0.6) is 5.75 Å². The summed E-state index contributed by atoms with van der Waals surface area (Å²) in [5, 5.41) is 2.91. The molecule has 0 saturated carbocycles. The third-order valence-electron chi connectivity index (χ3n) is 3.44. The summed E-state index contributed by atoms with van der Waals surface area (Å²) in [6.45, 7) is 6.06. The van der Waals surface area contributed by atoms with Crippen molar-refractivity contribution in [3.05, 3.63) is 47.5 Å². The molecule has 0 aliphatic carbocycles. The van der Waals surface area contributed by atoms with E-state index in [2.05, 4.69) is 15.3 Å². The third kappa shape index (κ3) is 4.08. The van der Waals surface area contributed by atoms with Crippen LogP contribution in [0.2, 0.25) is 0 Å². The molecule has 1 heterocycles. The molecule has 0 radical (unpaired) electrons. The minimum atomic E-state index is -0.156. The van der Waals surface area contributed by atoms with Crippen LogP contribution in [0.4, 0.5) is 0 Å². The van der Waals surface area contributed by atoms with Crippen molar-refractivity contribution >= 4 is 5.91 Å². The molecule has 1 aromatic heterocycles. The Hall–Kier alpha value is -2.30. The maximum Gasteiger partial charge on any atom is 0.258 e. The fraction of sp³-hybridized carbons (Fsp3) is 0.375. The number of hydrogen-bond acceptors (Lipinski definition) is 3. The number of imidazole rings is 1. The lowest BCUT2D eigenvalue weighted by Crippen LogP contribution is -2.32. The smallest absolute Gasteiger partial charge is 0.258 e. The Morgan fingerprint density at radius 3 is 2.81 bits per heavy atom. The molecule has 0 aliphatic heterocycles. The lowest BCUT2D eigenvalue weighted by molar-refractivity contribution is -0.123. The molecular weight excluding hydrogens is 266 g/mol. The molecule has 1 aromatic carbocycles. The summed E-state index contributed by atoms with van der Waals surface area (Å²) < 4.78 is 5.52. The zero-order valence-electron chi connectivity index (χ0n) is 12.6. The Kier molecular flexibility index (Phi) is 4.98. The molecule has 1 amide bonds. The molecule has 0 fully saturated rings. The Balaban J connectivity index is 1.88. The monoisotopic (exact) mass is 287 g/mol. The minimum Gasteiger partial charge on any atom is -0.484 e. The number of amides is 1. The van der Waals surface area contributed by atoms with Gasteiger partial charge in [0.25, 0.3) is 5.91 Å². The Morgan fingerprint density at radius 2 is 2.19 bits per heavy atom. The molecule has 21 heavy (non-hydrogen) atoms. The number of aromatic amines is 1. The van der Waals surface area contributed by atoms with Gasteiger partial charge in [0.15, 0.2) is 6.61 Å². The van der Waals surface area contributed by atoms with Crippen LogP contribution in [0.15, 0.2) is 30.6 Å². The molecule has 1 unspecified atom stereocenters. The number of nitrogens with zero attached hydrogens (tertiary/aromatic N) is 1. The van der Waals surface area contributed by atoms with E-state index in [0.29, 0.717) is 5.75 Å². The van der Waals surface area contributed by atoms with Gasteiger partial charge in [-0.05, 0) is 43.5 Å². The Labute approximate surface area is 124 Å². The average Bonchev–Trinajstić information content (AvgIpc) is 3.00. The molecule has 5 nitrogen and oxygen atoms in total. The molecule has 0 bridgehead atoms. The van der Waals surface area contributed by atoms with Gasteiger partial charge in [0.05, 0.1) is 6.04 Å². The van der Waals surface area contributed by atoms with Crippen molar-refractivity contribution in [2.45, 2.75) is 33.2 Å². The second-order valence-electron chi connectivity index (χ2n) is 5.04. The topological polar surface area (TPSA) is 67.0 Å². The van der Waals surface area contributed by atoms with E-state index >= 15 is 0 Å². The number of aromatic nitrogens is 2. The van der Waals surface area contributed by atoms with Gasteiger partial charge in [0.1, 0.15) is 11.6 Å². The van der Waals surface area contributed by atoms with Crippen LogP contribution in [-0.2, 0) is 4.79 Å². The minimum absolute atomic E-state index is 0.000288. The zero-order chi connectivity index (χ0) is 15.2. The lowest BCUT2D eigenvalue weighted by atomic mass is 10.1. The highest BCUT2D eigenvalue weighted by atomic mass is 16.5. The number of aryl methyl sites for hydroxylation is 2. The number of ether oxygens (including phenoxy) is 1. The molecule has 2 rings (SSSR count). The van der Waals surface area contributed by atoms with Crippen LogP contribution in [0, 0.1) is 13.8 Å². The van der Waals surface area contributed by atoms with Crippen molar-refractivity contribution in [3.8, 4) is 5.75 Å². The summed E-state index contributed by atoms with van der Waals surface area (Å²) in [5.74, 6) is 1.31. The standard InChI is InChI=1S/C16H21N3O2/c1-4-14(16-17-7-8-18-16)19-15(20)10-21-13-6-5-11(2)12(3)9-13/h5-9,14H,4,10H2,1-3H3,(H,17,18)(H,19,20). The van der Waals surface area contributed by atoms with Gasteiger partial charge in [0.2, 0.25) is 0 Å². The Bertz CT molecular complexity index is 594. The highest BCUT2D eigenvalue weighted by Gasteiger charge is 2.14. The summed E-state index contributed by atoms with van der Waals surface area (Å²) in [7, 11) is 0. The fourth-order valence-corrected chi connectivity index (χ4v) is 2.02. The summed E-state index contributed by atoms with van der Waals surface area (Å²) >= 11 is 0. The van der Waals surface area contributed by atoms with Crippen molar-refractivity contribution in [2.75, 3.05) is 6.61 Å². The Morgan fingerprint density at radius 1 is 1.38 bits per heavy atom. The first-order valence-corrected chi connectivity index (χ1v) is 7.09. The van der Waals surface area contributed by atoms with Gasteiger partial charge < -0.3 is 15.0 Å². The van der Waals surface area contributed by atoms with Crippen molar-refractivity contribution in [1.82, 2.24) is 15.3 Å². The second-order valence-corrected chi connectivity index (χ2v) is 5.04. The summed E-state index contributed by atoms with van der Waals surface area (Å²) in [6, 6.07) is 5.68. The highest BCUT2D eigenvalue weighted by molar-refractivity contribution is 5.77. The molecule has 5 heteroatoms. The van der Waals surface area contributed by atoms with Crippen LogP contribution >= 0.6 is 0 Å². The number of benzene rings is 1. The van der Waals surface area contributed by atoms with Gasteiger partial charge in [-0.1, -0.05) is 13.0 Å². The maximum atomic E-state index is 12.0.